The third kappa shape index (κ3) is 53.2. The Hall–Kier alpha value is -3.67. The summed E-state index contributed by atoms with van der Waals surface area (Å²) in [4.78, 5) is 38.0. The zero-order valence-electron chi connectivity index (χ0n) is 43.6. The van der Waals surface area contributed by atoms with Crippen LogP contribution in [0.3, 0.4) is 0 Å². The van der Waals surface area contributed by atoms with Gasteiger partial charge in [-0.1, -0.05) is 246 Å². The first-order chi connectivity index (χ1) is 33.0. The average molecular weight is 931 g/mol. The molecule has 0 aromatic carbocycles. The van der Waals surface area contributed by atoms with Gasteiger partial charge in [0, 0.05) is 19.3 Å². The first kappa shape index (κ1) is 63.3. The van der Waals surface area contributed by atoms with Crippen molar-refractivity contribution in [3.8, 4) is 0 Å². The molecule has 1 atom stereocenters. The molecule has 0 saturated carbocycles. The van der Waals surface area contributed by atoms with Crippen LogP contribution in [0.1, 0.15) is 252 Å². The van der Waals surface area contributed by atoms with E-state index in [4.69, 9.17) is 14.2 Å². The molecular weight excluding hydrogens is 829 g/mol. The van der Waals surface area contributed by atoms with Crippen molar-refractivity contribution in [2.24, 2.45) is 0 Å². The molecule has 0 amide bonds. The number of allylic oxidation sites excluding steroid dienone is 16. The van der Waals surface area contributed by atoms with Gasteiger partial charge in [-0.25, -0.2) is 0 Å². The summed E-state index contributed by atoms with van der Waals surface area (Å²) in [5, 5.41) is 0. The highest BCUT2D eigenvalue weighted by Gasteiger charge is 2.19. The lowest BCUT2D eigenvalue weighted by atomic mass is 10.1. The smallest absolute Gasteiger partial charge is 0.306 e. The third-order valence-corrected chi connectivity index (χ3v) is 11.7. The first-order valence-electron chi connectivity index (χ1n) is 27.8. The second-order valence-electron chi connectivity index (χ2n) is 18.3. The van der Waals surface area contributed by atoms with Gasteiger partial charge in [0.25, 0.3) is 0 Å². The number of rotatable bonds is 49. The summed E-state index contributed by atoms with van der Waals surface area (Å²) in [6.07, 6.45) is 72.6. The van der Waals surface area contributed by atoms with Crippen molar-refractivity contribution < 1.29 is 28.6 Å². The fourth-order valence-electron chi connectivity index (χ4n) is 7.52. The predicted octanol–water partition coefficient (Wildman–Crippen LogP) is 18.5. The SMILES string of the molecule is CC\C=C/C=C\C=C/C=C\C=C/CCCC(=O)OCC(COC(=O)CCCCCCC/C=C\C=C/CCCCCCCCC)OC(=O)CCCCCCC/C=C\CCCCCCCCCCC. The summed E-state index contributed by atoms with van der Waals surface area (Å²) in [6.45, 7) is 6.41. The summed E-state index contributed by atoms with van der Waals surface area (Å²) in [5.74, 6) is -1.01. The Morgan fingerprint density at radius 3 is 1.03 bits per heavy atom. The molecule has 0 bridgehead atoms. The minimum atomic E-state index is -0.818. The van der Waals surface area contributed by atoms with Crippen molar-refractivity contribution in [2.45, 2.75) is 258 Å². The van der Waals surface area contributed by atoms with Gasteiger partial charge in [-0.3, -0.25) is 14.4 Å². The maximum Gasteiger partial charge on any atom is 0.306 e. The summed E-state index contributed by atoms with van der Waals surface area (Å²) in [7, 11) is 0. The number of carbonyl (C=O) groups excluding carboxylic acids is 3. The van der Waals surface area contributed by atoms with Crippen molar-refractivity contribution >= 4 is 17.9 Å². The molecule has 0 fully saturated rings. The lowest BCUT2D eigenvalue weighted by Gasteiger charge is -2.18. The summed E-state index contributed by atoms with van der Waals surface area (Å²) in [6, 6.07) is 0. The largest absolute Gasteiger partial charge is 0.462 e. The Kier molecular flexibility index (Phi) is 51.9. The van der Waals surface area contributed by atoms with Crippen molar-refractivity contribution in [2.75, 3.05) is 13.2 Å². The number of ether oxygens (including phenoxy) is 3. The molecule has 0 aliphatic rings. The van der Waals surface area contributed by atoms with E-state index in [9.17, 15) is 14.4 Å². The van der Waals surface area contributed by atoms with Crippen LogP contribution in [0.4, 0.5) is 0 Å². The average Bonchev–Trinajstić information content (AvgIpc) is 3.33. The zero-order valence-corrected chi connectivity index (χ0v) is 43.6. The molecule has 0 radical (unpaired) electrons. The summed E-state index contributed by atoms with van der Waals surface area (Å²) in [5.41, 5.74) is 0. The fraction of sp³-hybridized carbons (Fsp3) is 0.689. The van der Waals surface area contributed by atoms with Crippen LogP contribution in [-0.2, 0) is 28.6 Å². The Bertz CT molecular complexity index is 1350. The first-order valence-corrected chi connectivity index (χ1v) is 27.8. The molecule has 0 aliphatic carbocycles. The maximum atomic E-state index is 12.8. The van der Waals surface area contributed by atoms with Crippen LogP contribution in [0.2, 0.25) is 0 Å². The number of unbranched alkanes of at least 4 members (excludes halogenated alkanes) is 27. The molecule has 6 heteroatoms. The predicted molar refractivity (Wildman–Crippen MR) is 288 cm³/mol. The minimum absolute atomic E-state index is 0.112. The molecule has 0 aliphatic heterocycles. The van der Waals surface area contributed by atoms with Crippen molar-refractivity contribution in [3.63, 3.8) is 0 Å². The molecule has 67 heavy (non-hydrogen) atoms. The van der Waals surface area contributed by atoms with Crippen LogP contribution in [0.5, 0.6) is 0 Å². The number of hydrogen-bond acceptors (Lipinski definition) is 6. The molecule has 0 aromatic rings. The maximum absolute atomic E-state index is 12.8. The van der Waals surface area contributed by atoms with Gasteiger partial charge in [0.2, 0.25) is 0 Å². The van der Waals surface area contributed by atoms with E-state index in [1.54, 1.807) is 0 Å². The highest BCUT2D eigenvalue weighted by atomic mass is 16.6. The Morgan fingerprint density at radius 2 is 0.612 bits per heavy atom. The quantitative estimate of drug-likeness (QED) is 0.0199. The van der Waals surface area contributed by atoms with Crippen LogP contribution in [0, 0.1) is 0 Å². The van der Waals surface area contributed by atoms with Gasteiger partial charge in [-0.15, -0.1) is 0 Å². The zero-order chi connectivity index (χ0) is 48.6. The van der Waals surface area contributed by atoms with Crippen molar-refractivity contribution in [1.29, 1.82) is 0 Å². The van der Waals surface area contributed by atoms with Gasteiger partial charge >= 0.3 is 17.9 Å². The van der Waals surface area contributed by atoms with Crippen LogP contribution < -0.4 is 0 Å². The van der Waals surface area contributed by atoms with E-state index >= 15 is 0 Å². The number of hydrogen-bond donors (Lipinski definition) is 0. The lowest BCUT2D eigenvalue weighted by molar-refractivity contribution is -0.167. The molecule has 0 spiro atoms. The Morgan fingerprint density at radius 1 is 0.313 bits per heavy atom. The van der Waals surface area contributed by atoms with Gasteiger partial charge < -0.3 is 14.2 Å². The van der Waals surface area contributed by atoms with E-state index < -0.39 is 6.10 Å². The normalized spacial score (nSPS) is 12.8. The fourth-order valence-corrected chi connectivity index (χ4v) is 7.52. The molecule has 0 heterocycles. The topological polar surface area (TPSA) is 78.9 Å². The van der Waals surface area contributed by atoms with E-state index in [0.29, 0.717) is 19.3 Å². The monoisotopic (exact) mass is 931 g/mol. The molecule has 382 valence electrons. The summed E-state index contributed by atoms with van der Waals surface area (Å²) >= 11 is 0. The molecular formula is C61H102O6. The third-order valence-electron chi connectivity index (χ3n) is 11.7. The Labute approximate surface area is 413 Å². The number of carbonyl (C=O) groups is 3. The Balaban J connectivity index is 4.49. The van der Waals surface area contributed by atoms with Gasteiger partial charge in [0.05, 0.1) is 0 Å². The van der Waals surface area contributed by atoms with Crippen LogP contribution in [0.15, 0.2) is 97.2 Å². The van der Waals surface area contributed by atoms with Gasteiger partial charge in [-0.05, 0) is 83.5 Å². The second kappa shape index (κ2) is 54.9. The number of esters is 3. The van der Waals surface area contributed by atoms with Gasteiger partial charge in [0.15, 0.2) is 6.10 Å². The molecule has 6 nitrogen and oxygen atoms in total. The molecule has 0 aromatic heterocycles. The van der Waals surface area contributed by atoms with Crippen LogP contribution >= 0.6 is 0 Å². The highest BCUT2D eigenvalue weighted by Crippen LogP contribution is 2.14. The van der Waals surface area contributed by atoms with Gasteiger partial charge in [-0.2, -0.15) is 0 Å². The molecule has 0 saturated heterocycles. The van der Waals surface area contributed by atoms with E-state index in [1.807, 2.05) is 54.7 Å². The second-order valence-corrected chi connectivity index (χ2v) is 18.3. The van der Waals surface area contributed by atoms with E-state index in [0.717, 1.165) is 83.5 Å². The highest BCUT2D eigenvalue weighted by molar-refractivity contribution is 5.71. The van der Waals surface area contributed by atoms with Crippen LogP contribution in [0.25, 0.3) is 0 Å². The van der Waals surface area contributed by atoms with Gasteiger partial charge in [0.1, 0.15) is 13.2 Å². The van der Waals surface area contributed by atoms with E-state index in [-0.39, 0.29) is 37.5 Å². The standard InChI is InChI=1S/C61H102O6/c1-4-7-10-13-16-19-22-25-27-29-31-33-36-39-42-45-48-51-54-60(63)66-57-58(56-65-59(62)53-50-47-44-41-38-35-24-21-18-15-12-9-6-3)67-61(64)55-52-49-46-43-40-37-34-32-30-28-26-23-20-17-14-11-8-5-2/h9,12,15,18,21,24,27,29,31-35,38,41,44,58H,4-8,10-11,13-14,16-17,19-20,22-23,25-26,28,30,36-37,39-40,42-43,45-57H2,1-3H3/b12-9-,18-15-,24-21-,29-27-,33-31-,34-32-,38-35-,44-41-. The van der Waals surface area contributed by atoms with Crippen molar-refractivity contribution in [3.05, 3.63) is 97.2 Å². The molecule has 0 rings (SSSR count). The molecule has 1 unspecified atom stereocenters. The van der Waals surface area contributed by atoms with E-state index in [1.165, 1.54) is 122 Å². The molecule has 0 N–H and O–H groups in total. The summed E-state index contributed by atoms with van der Waals surface area (Å²) < 4.78 is 16.8. The van der Waals surface area contributed by atoms with E-state index in [2.05, 4.69) is 63.3 Å². The van der Waals surface area contributed by atoms with Crippen LogP contribution in [-0.4, -0.2) is 37.2 Å². The lowest BCUT2D eigenvalue weighted by Crippen LogP contribution is -2.30. The minimum Gasteiger partial charge on any atom is -0.462 e. The van der Waals surface area contributed by atoms with Crippen molar-refractivity contribution in [1.82, 2.24) is 0 Å².